The average molecular weight is 329 g/mol. The molecule has 7 nitrogen and oxygen atoms in total. The highest BCUT2D eigenvalue weighted by Gasteiger charge is 2.24. The standard InChI is InChI=1S/C17H19N3O4/c1-23-17(22)16-13-5-7-18-8-9-20(13)15(21)10-14(16)24-11-12-4-2-3-6-19-12/h2-4,6,10,18H,5,7-9,11H2,1H3. The van der Waals surface area contributed by atoms with E-state index in [1.807, 2.05) is 18.2 Å². The van der Waals surface area contributed by atoms with Gasteiger partial charge >= 0.3 is 5.97 Å². The molecule has 1 N–H and O–H groups in total. The van der Waals surface area contributed by atoms with Crippen molar-refractivity contribution in [3.63, 3.8) is 0 Å². The molecule has 0 aromatic carbocycles. The lowest BCUT2D eigenvalue weighted by Crippen LogP contribution is -2.27. The molecular formula is C17H19N3O4. The molecule has 0 fully saturated rings. The van der Waals surface area contributed by atoms with Gasteiger partial charge in [-0.3, -0.25) is 9.78 Å². The van der Waals surface area contributed by atoms with Gasteiger partial charge in [-0.2, -0.15) is 0 Å². The lowest BCUT2D eigenvalue weighted by atomic mass is 10.1. The van der Waals surface area contributed by atoms with Crippen LogP contribution in [0.3, 0.4) is 0 Å². The Kier molecular flexibility index (Phi) is 4.90. The van der Waals surface area contributed by atoms with Gasteiger partial charge in [-0.15, -0.1) is 0 Å². The second kappa shape index (κ2) is 7.27. The summed E-state index contributed by atoms with van der Waals surface area (Å²) in [6.45, 7) is 2.06. The normalized spacial score (nSPS) is 13.7. The number of ether oxygens (including phenoxy) is 2. The molecule has 1 aliphatic heterocycles. The lowest BCUT2D eigenvalue weighted by molar-refractivity contribution is 0.0592. The van der Waals surface area contributed by atoms with Crippen LogP contribution in [0.25, 0.3) is 0 Å². The summed E-state index contributed by atoms with van der Waals surface area (Å²) in [5.74, 6) is -0.262. The number of carbonyl (C=O) groups excluding carboxylic acids is 1. The second-order valence-electron chi connectivity index (χ2n) is 5.42. The van der Waals surface area contributed by atoms with Gasteiger partial charge in [-0.1, -0.05) is 6.07 Å². The molecule has 3 heterocycles. The van der Waals surface area contributed by atoms with Gasteiger partial charge < -0.3 is 19.4 Å². The van der Waals surface area contributed by atoms with Gasteiger partial charge in [0.1, 0.15) is 17.9 Å². The maximum atomic E-state index is 12.4. The van der Waals surface area contributed by atoms with E-state index >= 15 is 0 Å². The highest BCUT2D eigenvalue weighted by atomic mass is 16.5. The van der Waals surface area contributed by atoms with Crippen LogP contribution in [0.2, 0.25) is 0 Å². The van der Waals surface area contributed by atoms with Crippen LogP contribution >= 0.6 is 0 Å². The first-order valence-corrected chi connectivity index (χ1v) is 7.79. The van der Waals surface area contributed by atoms with Gasteiger partial charge in [0, 0.05) is 44.0 Å². The summed E-state index contributed by atoms with van der Waals surface area (Å²) in [6.07, 6.45) is 2.22. The number of fused-ring (bicyclic) bond motifs is 1. The maximum Gasteiger partial charge on any atom is 0.343 e. The van der Waals surface area contributed by atoms with E-state index in [1.165, 1.54) is 13.2 Å². The summed E-state index contributed by atoms with van der Waals surface area (Å²) in [5, 5.41) is 3.22. The zero-order valence-corrected chi connectivity index (χ0v) is 13.4. The number of nitrogens with zero attached hydrogens (tertiary/aromatic N) is 2. The molecule has 0 atom stereocenters. The maximum absolute atomic E-state index is 12.4. The Bertz CT molecular complexity index is 786. The third kappa shape index (κ3) is 3.30. The Labute approximate surface area is 139 Å². The summed E-state index contributed by atoms with van der Waals surface area (Å²) < 4.78 is 12.3. The van der Waals surface area contributed by atoms with Crippen LogP contribution in [0.1, 0.15) is 21.7 Å². The van der Waals surface area contributed by atoms with Crippen molar-refractivity contribution in [1.82, 2.24) is 14.9 Å². The van der Waals surface area contributed by atoms with Crippen molar-refractivity contribution in [3.8, 4) is 5.75 Å². The minimum atomic E-state index is -0.503. The van der Waals surface area contributed by atoms with Gasteiger partial charge in [0.15, 0.2) is 0 Å². The molecular weight excluding hydrogens is 310 g/mol. The van der Waals surface area contributed by atoms with Gasteiger partial charge in [0.2, 0.25) is 0 Å². The highest BCUT2D eigenvalue weighted by Crippen LogP contribution is 2.23. The number of hydrogen-bond acceptors (Lipinski definition) is 6. The third-order valence-corrected chi connectivity index (χ3v) is 3.92. The van der Waals surface area contributed by atoms with Gasteiger partial charge in [0.25, 0.3) is 5.56 Å². The number of methoxy groups -OCH3 is 1. The van der Waals surface area contributed by atoms with Crippen molar-refractivity contribution in [2.24, 2.45) is 0 Å². The smallest absolute Gasteiger partial charge is 0.343 e. The Morgan fingerprint density at radius 3 is 3.00 bits per heavy atom. The van der Waals surface area contributed by atoms with E-state index in [4.69, 9.17) is 9.47 Å². The largest absolute Gasteiger partial charge is 0.486 e. The average Bonchev–Trinajstić information content (AvgIpc) is 2.86. The molecule has 0 spiro atoms. The van der Waals surface area contributed by atoms with E-state index in [1.54, 1.807) is 10.8 Å². The number of carbonyl (C=O) groups is 1. The first-order valence-electron chi connectivity index (χ1n) is 7.79. The zero-order chi connectivity index (χ0) is 16.9. The monoisotopic (exact) mass is 329 g/mol. The van der Waals surface area contributed by atoms with Crippen molar-refractivity contribution in [1.29, 1.82) is 0 Å². The van der Waals surface area contributed by atoms with Gasteiger partial charge in [-0.25, -0.2) is 4.79 Å². The number of nitrogens with one attached hydrogen (secondary N) is 1. The van der Waals surface area contributed by atoms with Crippen LogP contribution < -0.4 is 15.6 Å². The molecule has 2 aromatic heterocycles. The molecule has 0 aliphatic carbocycles. The molecule has 0 amide bonds. The molecule has 0 radical (unpaired) electrons. The molecule has 2 aromatic rings. The predicted molar refractivity (Wildman–Crippen MR) is 87.2 cm³/mol. The van der Waals surface area contributed by atoms with Crippen LogP contribution in [-0.2, 0) is 24.3 Å². The lowest BCUT2D eigenvalue weighted by Gasteiger charge is -2.17. The number of rotatable bonds is 4. The van der Waals surface area contributed by atoms with Crippen molar-refractivity contribution >= 4 is 5.97 Å². The van der Waals surface area contributed by atoms with E-state index < -0.39 is 5.97 Å². The van der Waals surface area contributed by atoms with Gasteiger partial charge in [0.05, 0.1) is 12.8 Å². The topological polar surface area (TPSA) is 82.5 Å². The zero-order valence-electron chi connectivity index (χ0n) is 13.4. The molecule has 3 rings (SSSR count). The Balaban J connectivity index is 2.01. The van der Waals surface area contributed by atoms with Crippen LogP contribution in [0.5, 0.6) is 5.75 Å². The molecule has 24 heavy (non-hydrogen) atoms. The minimum absolute atomic E-state index is 0.173. The number of esters is 1. The summed E-state index contributed by atoms with van der Waals surface area (Å²) >= 11 is 0. The number of aromatic nitrogens is 2. The van der Waals surface area contributed by atoms with Crippen LogP contribution in [0.4, 0.5) is 0 Å². The summed E-state index contributed by atoms with van der Waals surface area (Å²) in [7, 11) is 1.32. The van der Waals surface area contributed by atoms with Crippen LogP contribution in [0, 0.1) is 0 Å². The summed E-state index contributed by atoms with van der Waals surface area (Å²) in [4.78, 5) is 28.9. The van der Waals surface area contributed by atoms with E-state index in [0.29, 0.717) is 43.0 Å². The third-order valence-electron chi connectivity index (χ3n) is 3.92. The Morgan fingerprint density at radius 1 is 1.38 bits per heavy atom. The minimum Gasteiger partial charge on any atom is -0.486 e. The van der Waals surface area contributed by atoms with Crippen LogP contribution in [-0.4, -0.2) is 35.7 Å². The molecule has 0 bridgehead atoms. The van der Waals surface area contributed by atoms with Gasteiger partial charge in [-0.05, 0) is 12.1 Å². The van der Waals surface area contributed by atoms with Crippen molar-refractivity contribution in [3.05, 3.63) is 57.8 Å². The molecule has 0 saturated heterocycles. The molecule has 0 saturated carbocycles. The van der Waals surface area contributed by atoms with Crippen molar-refractivity contribution in [2.75, 3.05) is 20.2 Å². The molecule has 0 unspecified atom stereocenters. The first kappa shape index (κ1) is 16.2. The highest BCUT2D eigenvalue weighted by molar-refractivity contribution is 5.93. The van der Waals surface area contributed by atoms with E-state index in [2.05, 4.69) is 10.3 Å². The van der Waals surface area contributed by atoms with E-state index in [-0.39, 0.29) is 17.9 Å². The SMILES string of the molecule is COC(=O)c1c(OCc2ccccn2)cc(=O)n2c1CCNCC2. The van der Waals surface area contributed by atoms with E-state index in [9.17, 15) is 9.59 Å². The Morgan fingerprint density at radius 2 is 2.25 bits per heavy atom. The van der Waals surface area contributed by atoms with Crippen LogP contribution in [0.15, 0.2) is 35.3 Å². The molecule has 126 valence electrons. The molecule has 1 aliphatic rings. The fourth-order valence-corrected chi connectivity index (χ4v) is 2.77. The summed E-state index contributed by atoms with van der Waals surface area (Å²) in [5.41, 5.74) is 1.49. The fourth-order valence-electron chi connectivity index (χ4n) is 2.77. The Hall–Kier alpha value is -2.67. The predicted octanol–water partition coefficient (Wildman–Crippen LogP) is 0.755. The molecule has 7 heteroatoms. The quantitative estimate of drug-likeness (QED) is 0.834. The number of hydrogen-bond donors (Lipinski definition) is 1. The summed E-state index contributed by atoms with van der Waals surface area (Å²) in [6, 6.07) is 6.83. The second-order valence-corrected chi connectivity index (χ2v) is 5.42. The van der Waals surface area contributed by atoms with E-state index in [0.717, 1.165) is 0 Å². The number of pyridine rings is 2. The first-order chi connectivity index (χ1) is 11.7. The van der Waals surface area contributed by atoms with Crippen molar-refractivity contribution in [2.45, 2.75) is 19.6 Å². The fraction of sp³-hybridized carbons (Fsp3) is 0.353. The van der Waals surface area contributed by atoms with Crippen molar-refractivity contribution < 1.29 is 14.3 Å².